The molecule has 0 amide bonds. The molecule has 130 valence electrons. The number of fused-ring (bicyclic) bond motifs is 4. The summed E-state index contributed by atoms with van der Waals surface area (Å²) in [6, 6.07) is 37.7. The number of rotatable bonds is 2. The van der Waals surface area contributed by atoms with Gasteiger partial charge in [0.25, 0.3) is 11.4 Å². The first kappa shape index (κ1) is 15.5. The fourth-order valence-electron chi connectivity index (χ4n) is 3.87. The zero-order chi connectivity index (χ0) is 18.5. The number of hydrogen-bond acceptors (Lipinski definition) is 1. The fourth-order valence-corrected chi connectivity index (χ4v) is 5.01. The van der Waals surface area contributed by atoms with Crippen LogP contribution in [-0.4, -0.2) is 6.01 Å². The monoisotopic (exact) mass is 376 g/mol. The normalized spacial score (nSPS) is 12.9. The zero-order valence-electron chi connectivity index (χ0n) is 15.0. The SMILES string of the molecule is C1=[N+](c2ccccc2)c2ccccc2[N+]=1c1ccc2c(c1)sc1ccccc12. The quantitative estimate of drug-likeness (QED) is 0.290. The predicted molar refractivity (Wildman–Crippen MR) is 120 cm³/mol. The van der Waals surface area contributed by atoms with Crippen LogP contribution in [0.2, 0.25) is 0 Å². The third kappa shape index (κ3) is 2.28. The van der Waals surface area contributed by atoms with Crippen molar-refractivity contribution in [2.24, 2.45) is 0 Å². The first-order valence-corrected chi connectivity index (χ1v) is 10.1. The van der Waals surface area contributed by atoms with E-state index in [1.807, 2.05) is 17.4 Å². The largest absolute Gasteiger partial charge is 0.503 e. The Hall–Kier alpha value is -3.52. The van der Waals surface area contributed by atoms with E-state index in [2.05, 4.69) is 106 Å². The molecule has 0 bridgehead atoms. The third-order valence-corrected chi connectivity index (χ3v) is 6.33. The smallest absolute Gasteiger partial charge is 0.135 e. The zero-order valence-corrected chi connectivity index (χ0v) is 15.9. The molecule has 2 nitrogen and oxygen atoms in total. The van der Waals surface area contributed by atoms with E-state index < -0.39 is 0 Å². The van der Waals surface area contributed by atoms with E-state index in [-0.39, 0.29) is 0 Å². The highest BCUT2D eigenvalue weighted by Crippen LogP contribution is 2.39. The molecule has 0 unspecified atom stereocenters. The maximum atomic E-state index is 3.56. The van der Waals surface area contributed by atoms with Gasteiger partial charge in [0.15, 0.2) is 0 Å². The number of nitrogens with zero attached hydrogens (tertiary/aromatic N) is 2. The molecule has 28 heavy (non-hydrogen) atoms. The molecule has 5 aromatic rings. The topological polar surface area (TPSA) is 6.02 Å². The van der Waals surface area contributed by atoms with Crippen LogP contribution in [0, 0.1) is 0 Å². The van der Waals surface area contributed by atoms with Crippen molar-refractivity contribution < 1.29 is 0 Å². The second-order valence-corrected chi connectivity index (χ2v) is 7.96. The molecule has 3 heteroatoms. The summed E-state index contributed by atoms with van der Waals surface area (Å²) in [7, 11) is 0. The lowest BCUT2D eigenvalue weighted by Gasteiger charge is -1.96. The third-order valence-electron chi connectivity index (χ3n) is 5.20. The lowest BCUT2D eigenvalue weighted by molar-refractivity contribution is 1.12. The van der Waals surface area contributed by atoms with Gasteiger partial charge < -0.3 is 0 Å². The molecule has 6 rings (SSSR count). The van der Waals surface area contributed by atoms with Crippen LogP contribution in [0.15, 0.2) is 97.1 Å². The van der Waals surface area contributed by atoms with Crippen LogP contribution in [-0.2, 0) is 0 Å². The van der Waals surface area contributed by atoms with Crippen molar-refractivity contribution in [3.63, 3.8) is 0 Å². The number of benzene rings is 4. The van der Waals surface area contributed by atoms with E-state index in [9.17, 15) is 0 Å². The van der Waals surface area contributed by atoms with Crippen molar-refractivity contribution >= 4 is 60.3 Å². The number of hydrogen-bond donors (Lipinski definition) is 0. The van der Waals surface area contributed by atoms with Crippen molar-refractivity contribution in [3.8, 4) is 0 Å². The summed E-state index contributed by atoms with van der Waals surface area (Å²) in [6.07, 6.45) is 0. The summed E-state index contributed by atoms with van der Waals surface area (Å²) < 4.78 is 6.92. The molecule has 0 atom stereocenters. The van der Waals surface area contributed by atoms with Crippen LogP contribution in [0.1, 0.15) is 0 Å². The summed E-state index contributed by atoms with van der Waals surface area (Å²) in [5, 5.41) is 2.64. The minimum atomic E-state index is 1.11. The van der Waals surface area contributed by atoms with Gasteiger partial charge in [0.2, 0.25) is 11.4 Å². The molecular formula is C25H16N2S+2. The Balaban J connectivity index is 1.60. The van der Waals surface area contributed by atoms with Crippen LogP contribution in [0.3, 0.4) is 0 Å². The van der Waals surface area contributed by atoms with E-state index in [0.717, 1.165) is 22.7 Å². The van der Waals surface area contributed by atoms with Crippen molar-refractivity contribution in [2.75, 3.05) is 0 Å². The molecular weight excluding hydrogens is 360 g/mol. The lowest BCUT2D eigenvalue weighted by Crippen LogP contribution is -2.00. The van der Waals surface area contributed by atoms with Gasteiger partial charge in [-0.05, 0) is 21.3 Å². The van der Waals surface area contributed by atoms with Crippen LogP contribution >= 0.6 is 11.3 Å². The molecule has 4 aromatic carbocycles. The predicted octanol–water partition coefficient (Wildman–Crippen LogP) is 6.91. The molecule has 1 aromatic heterocycles. The van der Waals surface area contributed by atoms with Gasteiger partial charge in [0.05, 0.1) is 0 Å². The Morgan fingerprint density at radius 1 is 0.536 bits per heavy atom. The van der Waals surface area contributed by atoms with Crippen LogP contribution in [0.4, 0.5) is 22.7 Å². The molecule has 0 spiro atoms. The summed E-state index contributed by atoms with van der Waals surface area (Å²) >= 11 is 1.85. The Labute approximate surface area is 166 Å². The number of para-hydroxylation sites is 3. The first-order chi connectivity index (χ1) is 13.9. The second-order valence-electron chi connectivity index (χ2n) is 6.87. The van der Waals surface area contributed by atoms with Crippen molar-refractivity contribution in [2.45, 2.75) is 0 Å². The van der Waals surface area contributed by atoms with Gasteiger partial charge in [0.1, 0.15) is 0 Å². The van der Waals surface area contributed by atoms with Gasteiger partial charge in [-0.3, -0.25) is 0 Å². The van der Waals surface area contributed by atoms with Gasteiger partial charge >= 0.3 is 6.01 Å². The molecule has 0 aliphatic carbocycles. The van der Waals surface area contributed by atoms with Gasteiger partial charge in [0, 0.05) is 56.6 Å². The molecule has 0 saturated carbocycles. The molecule has 1 aliphatic rings. The van der Waals surface area contributed by atoms with E-state index in [4.69, 9.17) is 0 Å². The van der Waals surface area contributed by atoms with Gasteiger partial charge in [-0.25, -0.2) is 0 Å². The molecule has 2 heterocycles. The van der Waals surface area contributed by atoms with Gasteiger partial charge in [-0.15, -0.1) is 11.3 Å². The fraction of sp³-hybridized carbons (Fsp3) is 0. The van der Waals surface area contributed by atoms with Gasteiger partial charge in [-0.1, -0.05) is 48.5 Å². The second kappa shape index (κ2) is 6.00. The van der Waals surface area contributed by atoms with Gasteiger partial charge in [-0.2, -0.15) is 0 Å². The van der Waals surface area contributed by atoms with E-state index >= 15 is 0 Å². The summed E-state index contributed by atoms with van der Waals surface area (Å²) in [5.41, 5.74) is 4.53. The first-order valence-electron chi connectivity index (χ1n) is 9.30. The molecule has 0 N–H and O–H groups in total. The van der Waals surface area contributed by atoms with Crippen molar-refractivity contribution in [1.29, 1.82) is 0 Å². The van der Waals surface area contributed by atoms with Crippen molar-refractivity contribution in [3.05, 3.63) is 97.1 Å². The Kier molecular flexibility index (Phi) is 3.33. The highest BCUT2D eigenvalue weighted by atomic mass is 32.1. The van der Waals surface area contributed by atoms with Crippen LogP contribution in [0.25, 0.3) is 20.2 Å². The summed E-state index contributed by atoms with van der Waals surface area (Å²) in [5.74, 6) is 0. The van der Waals surface area contributed by atoms with Crippen LogP contribution < -0.4 is 9.15 Å². The highest BCUT2D eigenvalue weighted by Gasteiger charge is 2.35. The number of thiophene rings is 1. The highest BCUT2D eigenvalue weighted by molar-refractivity contribution is 7.25. The summed E-state index contributed by atoms with van der Waals surface area (Å²) in [6.45, 7) is 0. The van der Waals surface area contributed by atoms with E-state index in [1.165, 1.54) is 20.2 Å². The van der Waals surface area contributed by atoms with E-state index in [1.54, 1.807) is 0 Å². The van der Waals surface area contributed by atoms with E-state index in [0.29, 0.717) is 0 Å². The Morgan fingerprint density at radius 3 is 2.00 bits per heavy atom. The standard InChI is InChI=1S/C25H16N2S/c1-2-8-18(9-3-1)26-17-27(23-12-6-5-11-22(23)26)19-14-15-21-20-10-4-7-13-24(20)28-25(21)16-19/h1-16H/q+2. The van der Waals surface area contributed by atoms with Crippen molar-refractivity contribution in [1.82, 2.24) is 9.15 Å². The molecule has 1 aliphatic heterocycles. The maximum Gasteiger partial charge on any atom is 0.503 e. The molecule has 0 radical (unpaired) electrons. The maximum absolute atomic E-state index is 3.56. The average molecular weight is 376 g/mol. The Morgan fingerprint density at radius 2 is 1.18 bits per heavy atom. The lowest BCUT2D eigenvalue weighted by atomic mass is 10.1. The average Bonchev–Trinajstić information content (AvgIpc) is 3.32. The molecule has 0 fully saturated rings. The summed E-state index contributed by atoms with van der Waals surface area (Å²) in [4.78, 5) is 0. The minimum absolute atomic E-state index is 1.11. The molecule has 0 saturated heterocycles. The Bertz CT molecular complexity index is 1440. The minimum Gasteiger partial charge on any atom is -0.135 e. The van der Waals surface area contributed by atoms with Crippen LogP contribution in [0.5, 0.6) is 0 Å².